The van der Waals surface area contributed by atoms with Crippen molar-refractivity contribution in [3.63, 3.8) is 0 Å². The van der Waals surface area contributed by atoms with Crippen LogP contribution in [-0.2, 0) is 23.7 Å². The van der Waals surface area contributed by atoms with Crippen molar-refractivity contribution in [2.75, 3.05) is 0 Å². The van der Waals surface area contributed by atoms with E-state index in [2.05, 4.69) is 79.7 Å². The first-order chi connectivity index (χ1) is 17.9. The van der Waals surface area contributed by atoms with Gasteiger partial charge in [0.05, 0.1) is 0 Å². The van der Waals surface area contributed by atoms with Crippen LogP contribution in [0, 0.1) is 0 Å². The molecule has 2 nitrogen and oxygen atoms in total. The third-order valence-corrected chi connectivity index (χ3v) is 7.88. The summed E-state index contributed by atoms with van der Waals surface area (Å²) in [4.78, 5) is 0. The van der Waals surface area contributed by atoms with Crippen molar-refractivity contribution in [2.45, 2.75) is 156 Å². The summed E-state index contributed by atoms with van der Waals surface area (Å²) in [7, 11) is 0. The van der Waals surface area contributed by atoms with Crippen LogP contribution in [0.3, 0.4) is 0 Å². The van der Waals surface area contributed by atoms with Gasteiger partial charge in [-0.3, -0.25) is 0 Å². The van der Waals surface area contributed by atoms with E-state index in [1.807, 2.05) is 0 Å². The van der Waals surface area contributed by atoms with Gasteiger partial charge in [-0.05, 0) is 59.8 Å². The Morgan fingerprint density at radius 1 is 0.474 bits per heavy atom. The third-order valence-electron chi connectivity index (χ3n) is 7.88. The zero-order chi connectivity index (χ0) is 28.3. The second-order valence-corrected chi connectivity index (χ2v) is 13.6. The van der Waals surface area contributed by atoms with Gasteiger partial charge in [-0.1, -0.05) is 132 Å². The van der Waals surface area contributed by atoms with Gasteiger partial charge in [0, 0.05) is 22.3 Å². The number of phenolic OH excluding ortho intramolecular Hbond substituents is 2. The fourth-order valence-electron chi connectivity index (χ4n) is 5.45. The van der Waals surface area contributed by atoms with Crippen molar-refractivity contribution in [2.24, 2.45) is 0 Å². The first-order valence-corrected chi connectivity index (χ1v) is 15.6. The molecule has 0 fully saturated rings. The fourth-order valence-corrected chi connectivity index (χ4v) is 5.45. The van der Waals surface area contributed by atoms with Crippen molar-refractivity contribution in [1.82, 2.24) is 0 Å². The van der Waals surface area contributed by atoms with Gasteiger partial charge >= 0.3 is 0 Å². The molecule has 2 rings (SSSR count). The maximum absolute atomic E-state index is 11.6. The highest BCUT2D eigenvalue weighted by Gasteiger charge is 2.26. The van der Waals surface area contributed by atoms with Crippen molar-refractivity contribution >= 4 is 0 Å². The van der Waals surface area contributed by atoms with Gasteiger partial charge in [0.15, 0.2) is 0 Å². The minimum absolute atomic E-state index is 0.186. The number of benzene rings is 2. The van der Waals surface area contributed by atoms with E-state index in [1.165, 1.54) is 75.3 Å². The van der Waals surface area contributed by atoms with Gasteiger partial charge < -0.3 is 10.2 Å². The summed E-state index contributed by atoms with van der Waals surface area (Å²) in [5.74, 6) is 0.632. The van der Waals surface area contributed by atoms with Gasteiger partial charge in [0.25, 0.3) is 0 Å². The third kappa shape index (κ3) is 9.65. The van der Waals surface area contributed by atoms with Crippen LogP contribution in [0.5, 0.6) is 11.5 Å². The zero-order valence-corrected chi connectivity index (χ0v) is 26.1. The molecule has 0 saturated heterocycles. The lowest BCUT2D eigenvalue weighted by Gasteiger charge is -2.26. The van der Waals surface area contributed by atoms with Crippen molar-refractivity contribution in [3.8, 4) is 22.6 Å². The lowest BCUT2D eigenvalue weighted by atomic mass is 9.79. The predicted octanol–water partition coefficient (Wildman–Crippen LogP) is 11.2. The molecule has 2 N–H and O–H groups in total. The van der Waals surface area contributed by atoms with Crippen LogP contribution in [0.4, 0.5) is 0 Å². The van der Waals surface area contributed by atoms with Gasteiger partial charge in [-0.25, -0.2) is 0 Å². The number of aromatic hydroxyl groups is 2. The van der Waals surface area contributed by atoms with Crippen LogP contribution < -0.4 is 0 Å². The van der Waals surface area contributed by atoms with Crippen molar-refractivity contribution in [3.05, 3.63) is 46.5 Å². The Balaban J connectivity index is 2.46. The van der Waals surface area contributed by atoms with E-state index in [0.717, 1.165) is 47.9 Å². The summed E-state index contributed by atoms with van der Waals surface area (Å²) in [5, 5.41) is 23.1. The molecule has 0 aromatic heterocycles. The molecule has 214 valence electrons. The molecule has 2 aromatic carbocycles. The molecule has 38 heavy (non-hydrogen) atoms. The highest BCUT2D eigenvalue weighted by atomic mass is 16.3. The van der Waals surface area contributed by atoms with Gasteiger partial charge in [-0.2, -0.15) is 0 Å². The standard InChI is InChI=1S/C36H58O2/c1-9-11-13-15-17-19-21-27-23-29(33(37)31(25-27)35(3,4)5)30-24-28(22-20-18-16-14-12-10-2)26-32(34(30)38)36(6,7)8/h23-26,37-38H,9-22H2,1-8H3. The summed E-state index contributed by atoms with van der Waals surface area (Å²) < 4.78 is 0. The van der Waals surface area contributed by atoms with Crippen molar-refractivity contribution < 1.29 is 10.2 Å². The zero-order valence-electron chi connectivity index (χ0n) is 26.1. The molecule has 0 heterocycles. The topological polar surface area (TPSA) is 40.5 Å². The highest BCUT2D eigenvalue weighted by molar-refractivity contribution is 5.80. The Hall–Kier alpha value is -1.96. The minimum atomic E-state index is -0.186. The lowest BCUT2D eigenvalue weighted by molar-refractivity contribution is 0.440. The average molecular weight is 523 g/mol. The summed E-state index contributed by atoms with van der Waals surface area (Å²) in [5.41, 5.74) is 5.65. The van der Waals surface area contributed by atoms with Gasteiger partial charge in [-0.15, -0.1) is 0 Å². The molecule has 0 aliphatic heterocycles. The maximum atomic E-state index is 11.6. The van der Waals surface area contributed by atoms with Crippen LogP contribution in [0.2, 0.25) is 0 Å². The summed E-state index contributed by atoms with van der Waals surface area (Å²) in [6.45, 7) is 17.5. The molecule has 0 amide bonds. The molecular formula is C36H58O2. The van der Waals surface area contributed by atoms with Gasteiger partial charge in [0.1, 0.15) is 11.5 Å². The molecule has 0 bridgehead atoms. The Kier molecular flexibility index (Phi) is 12.7. The number of aryl methyl sites for hydroxylation is 2. The van der Waals surface area contributed by atoms with Gasteiger partial charge in [0.2, 0.25) is 0 Å². The SMILES string of the molecule is CCCCCCCCc1cc(-c2cc(CCCCCCCC)cc(C(C)(C)C)c2O)c(O)c(C(C)(C)C)c1. The molecule has 0 aliphatic rings. The van der Waals surface area contributed by atoms with Crippen LogP contribution >= 0.6 is 0 Å². The number of unbranched alkanes of at least 4 members (excludes halogenated alkanes) is 10. The second-order valence-electron chi connectivity index (χ2n) is 13.6. The van der Waals surface area contributed by atoms with E-state index in [1.54, 1.807) is 0 Å². The Morgan fingerprint density at radius 3 is 1.11 bits per heavy atom. The molecule has 0 radical (unpaired) electrons. The molecule has 2 heteroatoms. The Bertz CT molecular complexity index is 906. The van der Waals surface area contributed by atoms with Crippen LogP contribution in [-0.4, -0.2) is 10.2 Å². The summed E-state index contributed by atoms with van der Waals surface area (Å²) >= 11 is 0. The number of phenols is 2. The molecule has 0 spiro atoms. The lowest BCUT2D eigenvalue weighted by Crippen LogP contribution is -2.14. The van der Waals surface area contributed by atoms with E-state index < -0.39 is 0 Å². The highest BCUT2D eigenvalue weighted by Crippen LogP contribution is 2.46. The fraction of sp³-hybridized carbons (Fsp3) is 0.667. The summed E-state index contributed by atoms with van der Waals surface area (Å²) in [6.07, 6.45) is 17.2. The average Bonchev–Trinajstić information content (AvgIpc) is 2.83. The van der Waals surface area contributed by atoms with Crippen LogP contribution in [0.1, 0.15) is 155 Å². The van der Waals surface area contributed by atoms with E-state index >= 15 is 0 Å². The molecular weight excluding hydrogens is 464 g/mol. The number of hydrogen-bond acceptors (Lipinski definition) is 2. The molecule has 0 saturated carbocycles. The first kappa shape index (κ1) is 32.3. The quantitative estimate of drug-likeness (QED) is 0.228. The van der Waals surface area contributed by atoms with E-state index in [9.17, 15) is 10.2 Å². The monoisotopic (exact) mass is 522 g/mol. The van der Waals surface area contributed by atoms with E-state index in [-0.39, 0.29) is 10.8 Å². The second kappa shape index (κ2) is 15.0. The van der Waals surface area contributed by atoms with Crippen LogP contribution in [0.25, 0.3) is 11.1 Å². The van der Waals surface area contributed by atoms with Crippen molar-refractivity contribution in [1.29, 1.82) is 0 Å². The normalized spacial score (nSPS) is 12.3. The Morgan fingerprint density at radius 2 is 0.789 bits per heavy atom. The molecule has 0 atom stereocenters. The number of hydrogen-bond donors (Lipinski definition) is 2. The number of rotatable bonds is 15. The Labute approximate surface area is 235 Å². The minimum Gasteiger partial charge on any atom is -0.507 e. The molecule has 0 aliphatic carbocycles. The molecule has 2 aromatic rings. The summed E-state index contributed by atoms with van der Waals surface area (Å²) in [6, 6.07) is 8.69. The van der Waals surface area contributed by atoms with E-state index in [4.69, 9.17) is 0 Å². The predicted molar refractivity (Wildman–Crippen MR) is 167 cm³/mol. The largest absolute Gasteiger partial charge is 0.507 e. The maximum Gasteiger partial charge on any atom is 0.127 e. The first-order valence-electron chi connectivity index (χ1n) is 15.6. The van der Waals surface area contributed by atoms with Crippen LogP contribution in [0.15, 0.2) is 24.3 Å². The van der Waals surface area contributed by atoms with E-state index in [0.29, 0.717) is 11.5 Å². The molecule has 0 unspecified atom stereocenters. The smallest absolute Gasteiger partial charge is 0.127 e.